The molecule has 0 atom stereocenters. The van der Waals surface area contributed by atoms with E-state index in [9.17, 15) is 19.5 Å². The highest BCUT2D eigenvalue weighted by Gasteiger charge is 2.24. The monoisotopic (exact) mass is 538 g/mol. The van der Waals surface area contributed by atoms with E-state index < -0.39 is 5.63 Å². The molecule has 0 saturated heterocycles. The number of nitrogens with zero attached hydrogens (tertiary/aromatic N) is 2. The highest BCUT2D eigenvalue weighted by molar-refractivity contribution is 7.21. The molecule has 9 nitrogen and oxygen atoms in total. The zero-order valence-electron chi connectivity index (χ0n) is 21.4. The molecule has 0 bridgehead atoms. The van der Waals surface area contributed by atoms with Crippen LogP contribution in [0.3, 0.4) is 0 Å². The molecular weight excluding hydrogens is 508 g/mol. The van der Waals surface area contributed by atoms with Crippen LogP contribution in [0.5, 0.6) is 0 Å². The summed E-state index contributed by atoms with van der Waals surface area (Å²) in [5.41, 5.74) is 1.86. The van der Waals surface area contributed by atoms with Crippen molar-refractivity contribution in [3.8, 4) is 10.6 Å². The molecule has 0 aliphatic rings. The highest BCUT2D eigenvalue weighted by Crippen LogP contribution is 2.30. The number of hydrogen-bond donors (Lipinski definition) is 0. The molecule has 2 aromatic heterocycles. The maximum atomic E-state index is 13.1. The molecule has 0 aliphatic carbocycles. The van der Waals surface area contributed by atoms with Gasteiger partial charge in [-0.1, -0.05) is 30.1 Å². The summed E-state index contributed by atoms with van der Waals surface area (Å²) in [6.45, 7) is 4.65. The van der Waals surface area contributed by atoms with Crippen molar-refractivity contribution >= 4 is 50.1 Å². The maximum Gasteiger partial charge on any atom is 0.351 e. The van der Waals surface area contributed by atoms with Gasteiger partial charge in [-0.05, 0) is 38.1 Å². The molecule has 2 heterocycles. The van der Waals surface area contributed by atoms with Gasteiger partial charge in [-0.3, -0.25) is 9.59 Å². The normalized spacial score (nSPS) is 11.1. The van der Waals surface area contributed by atoms with Crippen LogP contribution in [0.15, 0.2) is 57.7 Å². The first-order chi connectivity index (χ1) is 18.4. The summed E-state index contributed by atoms with van der Waals surface area (Å²) in [6.07, 6.45) is 0.284. The van der Waals surface area contributed by atoms with Gasteiger partial charge < -0.3 is 23.9 Å². The Kier molecular flexibility index (Phi) is 9.09. The Bertz CT molecular complexity index is 1470. The lowest BCUT2D eigenvalue weighted by atomic mass is 10.1. The minimum Gasteiger partial charge on any atom is -0.850 e. The third-order valence-electron chi connectivity index (χ3n) is 6.02. The van der Waals surface area contributed by atoms with E-state index in [0.29, 0.717) is 53.5 Å². The molecule has 0 N–H and O–H groups in total. The Morgan fingerprint density at radius 2 is 1.68 bits per heavy atom. The lowest BCUT2D eigenvalue weighted by molar-refractivity contribution is -0.675. The smallest absolute Gasteiger partial charge is 0.351 e. The zero-order chi connectivity index (χ0) is 27.1. The number of anilines is 1. The molecule has 0 amide bonds. The Hall–Kier alpha value is -3.76. The van der Waals surface area contributed by atoms with Crippen molar-refractivity contribution in [2.24, 2.45) is 0 Å². The average molecular weight is 539 g/mol. The first kappa shape index (κ1) is 27.3. The molecule has 4 rings (SSSR count). The summed E-state index contributed by atoms with van der Waals surface area (Å²) in [4.78, 5) is 38.9. The van der Waals surface area contributed by atoms with Crippen molar-refractivity contribution in [3.05, 3.63) is 59.0 Å². The number of rotatable bonds is 12. The number of aromatic nitrogens is 1. The molecule has 0 aliphatic heterocycles. The molecule has 4 aromatic rings. The number of carbonyl (C=O) groups excluding carboxylic acids is 2. The summed E-state index contributed by atoms with van der Waals surface area (Å²) in [6, 6.07) is 14.9. The molecule has 200 valence electrons. The van der Waals surface area contributed by atoms with Gasteiger partial charge in [-0.15, -0.1) is 0 Å². The van der Waals surface area contributed by atoms with Gasteiger partial charge in [-0.25, -0.2) is 4.79 Å². The first-order valence-electron chi connectivity index (χ1n) is 12.6. The predicted molar refractivity (Wildman–Crippen MR) is 143 cm³/mol. The SMILES string of the molecule is CCOC(=O)CCN(CCC(=O)OCC)c1ccc2cc(-c3sc4ccccc4[n+]3CC[O-])c(=O)oc2c1. The molecule has 38 heavy (non-hydrogen) atoms. The summed E-state index contributed by atoms with van der Waals surface area (Å²) in [7, 11) is 0. The van der Waals surface area contributed by atoms with Crippen LogP contribution in [0.1, 0.15) is 26.7 Å². The van der Waals surface area contributed by atoms with Gasteiger partial charge in [0.1, 0.15) is 22.4 Å². The minimum absolute atomic E-state index is 0.142. The van der Waals surface area contributed by atoms with Gasteiger partial charge in [0, 0.05) is 36.3 Å². The van der Waals surface area contributed by atoms with Gasteiger partial charge in [0.05, 0.1) is 26.1 Å². The fourth-order valence-corrected chi connectivity index (χ4v) is 5.47. The Labute approximate surface area is 223 Å². The van der Waals surface area contributed by atoms with Crippen molar-refractivity contribution in [2.45, 2.75) is 33.2 Å². The van der Waals surface area contributed by atoms with E-state index >= 15 is 0 Å². The average Bonchev–Trinajstić information content (AvgIpc) is 3.26. The number of thiazole rings is 1. The molecule has 0 radical (unpaired) electrons. The number of fused-ring (bicyclic) bond motifs is 2. The quantitative estimate of drug-likeness (QED) is 0.154. The third kappa shape index (κ3) is 6.20. The molecular formula is C28H30N2O7S. The fourth-order valence-electron chi connectivity index (χ4n) is 4.28. The lowest BCUT2D eigenvalue weighted by Crippen LogP contribution is -2.39. The van der Waals surface area contributed by atoms with E-state index in [1.165, 1.54) is 11.3 Å². The standard InChI is InChI=1S/C28H30N2O7S/c1-3-35-25(32)11-13-29(14-12-26(33)36-4-2)20-10-9-19-17-21(28(34)37-23(19)18-20)27-30(15-16-31)22-7-5-6-8-24(22)38-27/h5-10,17-18H,3-4,11-16H2,1-2H3. The second-order valence-electron chi connectivity index (χ2n) is 8.50. The summed E-state index contributed by atoms with van der Waals surface area (Å²) >= 11 is 1.44. The number of benzene rings is 2. The van der Waals surface area contributed by atoms with E-state index in [1.54, 1.807) is 26.0 Å². The van der Waals surface area contributed by atoms with Crippen LogP contribution in [0.2, 0.25) is 0 Å². The predicted octanol–water partition coefficient (Wildman–Crippen LogP) is 3.04. The molecule has 10 heteroatoms. The molecule has 2 aromatic carbocycles. The summed E-state index contributed by atoms with van der Waals surface area (Å²) in [5.74, 6) is -0.666. The molecule has 0 saturated carbocycles. The van der Waals surface area contributed by atoms with Crippen molar-refractivity contribution < 1.29 is 33.2 Å². The van der Waals surface area contributed by atoms with E-state index in [1.807, 2.05) is 45.9 Å². The number of ether oxygens (including phenoxy) is 2. The van der Waals surface area contributed by atoms with E-state index in [-0.39, 0.29) is 37.9 Å². The Morgan fingerprint density at radius 3 is 2.34 bits per heavy atom. The fraction of sp³-hybridized carbons (Fsp3) is 0.357. The number of carbonyl (C=O) groups is 2. The first-order valence-corrected chi connectivity index (χ1v) is 13.4. The van der Waals surface area contributed by atoms with Gasteiger partial charge in [0.2, 0.25) is 5.52 Å². The van der Waals surface area contributed by atoms with Gasteiger partial charge >= 0.3 is 17.6 Å². The number of hydrogen-bond acceptors (Lipinski definition) is 9. The van der Waals surface area contributed by atoms with Crippen molar-refractivity contribution in [1.82, 2.24) is 0 Å². The second-order valence-corrected chi connectivity index (χ2v) is 9.53. The Balaban J connectivity index is 1.68. The zero-order valence-corrected chi connectivity index (χ0v) is 22.3. The topological polar surface area (TPSA) is 113 Å². The molecule has 0 unspecified atom stereocenters. The van der Waals surface area contributed by atoms with Crippen LogP contribution < -0.4 is 20.2 Å². The number of para-hydroxylation sites is 1. The van der Waals surface area contributed by atoms with Crippen LogP contribution in [0, 0.1) is 0 Å². The van der Waals surface area contributed by atoms with Gasteiger partial charge in [0.25, 0.3) is 5.01 Å². The van der Waals surface area contributed by atoms with Crippen molar-refractivity contribution in [2.75, 3.05) is 37.8 Å². The lowest BCUT2D eigenvalue weighted by Gasteiger charge is -2.24. The number of esters is 2. The van der Waals surface area contributed by atoms with Crippen molar-refractivity contribution in [3.63, 3.8) is 0 Å². The van der Waals surface area contributed by atoms with Gasteiger partial charge in [-0.2, -0.15) is 4.57 Å². The summed E-state index contributed by atoms with van der Waals surface area (Å²) in [5, 5.41) is 12.9. The van der Waals surface area contributed by atoms with E-state index in [4.69, 9.17) is 13.9 Å². The van der Waals surface area contributed by atoms with E-state index in [0.717, 1.165) is 10.2 Å². The minimum atomic E-state index is -0.509. The highest BCUT2D eigenvalue weighted by atomic mass is 32.1. The third-order valence-corrected chi connectivity index (χ3v) is 7.22. The molecule has 0 spiro atoms. The summed E-state index contributed by atoms with van der Waals surface area (Å²) < 4.78 is 18.7. The molecule has 0 fully saturated rings. The van der Waals surface area contributed by atoms with Gasteiger partial charge in [0.15, 0.2) is 0 Å². The second kappa shape index (κ2) is 12.7. The van der Waals surface area contributed by atoms with Crippen LogP contribution in [-0.4, -0.2) is 44.8 Å². The van der Waals surface area contributed by atoms with Crippen molar-refractivity contribution in [1.29, 1.82) is 0 Å². The van der Waals surface area contributed by atoms with Crippen LogP contribution in [0.25, 0.3) is 31.8 Å². The largest absolute Gasteiger partial charge is 0.850 e. The Morgan fingerprint density at radius 1 is 1.00 bits per heavy atom. The maximum absolute atomic E-state index is 13.1. The van der Waals surface area contributed by atoms with Crippen LogP contribution in [-0.2, 0) is 25.6 Å². The van der Waals surface area contributed by atoms with Crippen LogP contribution in [0.4, 0.5) is 5.69 Å². The van der Waals surface area contributed by atoms with Crippen LogP contribution >= 0.6 is 11.3 Å². The van der Waals surface area contributed by atoms with E-state index in [2.05, 4.69) is 0 Å².